The molecule has 110 valence electrons. The number of imide groups is 1. The number of hydrogen-bond acceptors (Lipinski definition) is 2. The van der Waals surface area contributed by atoms with Crippen molar-refractivity contribution in [2.45, 2.75) is 36.5 Å². The normalized spacial score (nSPS) is 20.1. The van der Waals surface area contributed by atoms with Crippen LogP contribution in [0.1, 0.15) is 38.2 Å². The number of hydrogen-bond donors (Lipinski definition) is 1. The van der Waals surface area contributed by atoms with Gasteiger partial charge in [-0.3, -0.25) is 0 Å². The van der Waals surface area contributed by atoms with Gasteiger partial charge < -0.3 is 0 Å². The van der Waals surface area contributed by atoms with Crippen molar-refractivity contribution in [2.24, 2.45) is 0 Å². The van der Waals surface area contributed by atoms with Gasteiger partial charge in [-0.1, -0.05) is 0 Å². The van der Waals surface area contributed by atoms with Crippen molar-refractivity contribution < 1.29 is 9.59 Å². The molecule has 1 aliphatic heterocycles. The first-order chi connectivity index (χ1) is 9.40. The molecule has 1 saturated heterocycles. The third-order valence-corrected chi connectivity index (χ3v) is 14.9. The van der Waals surface area contributed by atoms with Crippen LogP contribution in [0.4, 0.5) is 0 Å². The van der Waals surface area contributed by atoms with E-state index in [-0.39, 0.29) is 15.7 Å². The first kappa shape index (κ1) is 16.5. The second-order valence-electron chi connectivity index (χ2n) is 5.00. The van der Waals surface area contributed by atoms with Gasteiger partial charge in [0.05, 0.1) is 0 Å². The Bertz CT molecular complexity index is 548. The summed E-state index contributed by atoms with van der Waals surface area (Å²) in [6, 6.07) is 6.12. The third-order valence-electron chi connectivity index (χ3n) is 3.19. The molecule has 1 heterocycles. The summed E-state index contributed by atoms with van der Waals surface area (Å²) in [7, 11) is 0. The maximum atomic E-state index is 12.0. The Morgan fingerprint density at radius 2 is 2.10 bits per heavy atom. The summed E-state index contributed by atoms with van der Waals surface area (Å²) in [6.07, 6.45) is 1.14. The van der Waals surface area contributed by atoms with E-state index in [1.807, 2.05) is 12.1 Å². The van der Waals surface area contributed by atoms with Crippen molar-refractivity contribution in [3.63, 3.8) is 0 Å². The second kappa shape index (κ2) is 6.91. The maximum absolute atomic E-state index is 12.0. The van der Waals surface area contributed by atoms with Crippen LogP contribution in [-0.4, -0.2) is 15.7 Å². The topological polar surface area (TPSA) is 46.2 Å². The average Bonchev–Trinajstić information content (AvgIpc) is 2.38. The number of alkyl halides is 1. The molecule has 1 aromatic carbocycles. The SMILES string of the molecule is CC(C)c1cc(I(I)C2CCC(=O)NC2=O)ccc1Cl. The van der Waals surface area contributed by atoms with Gasteiger partial charge in [-0.15, -0.1) is 0 Å². The molecule has 0 radical (unpaired) electrons. The molecule has 1 N–H and O–H groups in total. The van der Waals surface area contributed by atoms with E-state index < -0.39 is 15.8 Å². The molecule has 1 aromatic rings. The van der Waals surface area contributed by atoms with E-state index in [9.17, 15) is 9.59 Å². The van der Waals surface area contributed by atoms with E-state index in [4.69, 9.17) is 11.6 Å². The Morgan fingerprint density at radius 1 is 1.40 bits per heavy atom. The van der Waals surface area contributed by atoms with Gasteiger partial charge in [0, 0.05) is 0 Å². The van der Waals surface area contributed by atoms with Gasteiger partial charge in [-0.2, -0.15) is 0 Å². The van der Waals surface area contributed by atoms with Gasteiger partial charge in [-0.25, -0.2) is 0 Å². The van der Waals surface area contributed by atoms with Crippen molar-refractivity contribution in [1.29, 1.82) is 0 Å². The molecule has 0 aromatic heterocycles. The Kier molecular flexibility index (Phi) is 5.70. The van der Waals surface area contributed by atoms with Crippen LogP contribution in [0, 0.1) is 3.57 Å². The molecule has 6 heteroatoms. The van der Waals surface area contributed by atoms with Crippen LogP contribution in [-0.2, 0) is 9.59 Å². The Hall–Kier alpha value is 0.110. The Balaban J connectivity index is 2.25. The summed E-state index contributed by atoms with van der Waals surface area (Å²) in [5, 5.41) is 3.24. The molecule has 1 aliphatic rings. The van der Waals surface area contributed by atoms with Crippen LogP contribution in [0.25, 0.3) is 0 Å². The summed E-state index contributed by atoms with van der Waals surface area (Å²) in [5.41, 5.74) is 1.13. The number of carbonyl (C=O) groups excluding carboxylic acids is 2. The molecule has 0 bridgehead atoms. The molecule has 0 saturated carbocycles. The predicted molar refractivity (Wildman–Crippen MR) is 98.4 cm³/mol. The molecule has 0 spiro atoms. The zero-order valence-corrected chi connectivity index (χ0v) is 16.3. The summed E-state index contributed by atoms with van der Waals surface area (Å²) in [6.45, 7) is 4.23. The van der Waals surface area contributed by atoms with Crippen molar-refractivity contribution >= 4 is 57.9 Å². The minimum absolute atomic E-state index is 0.00122. The molecule has 0 aliphatic carbocycles. The van der Waals surface area contributed by atoms with Crippen LogP contribution < -0.4 is 5.32 Å². The molecule has 1 atom stereocenters. The monoisotopic (exact) mass is 519 g/mol. The predicted octanol–water partition coefficient (Wildman–Crippen LogP) is 4.29. The van der Waals surface area contributed by atoms with Gasteiger partial charge in [-0.05, 0) is 0 Å². The van der Waals surface area contributed by atoms with E-state index >= 15 is 0 Å². The number of nitrogens with one attached hydrogen (secondary N) is 1. The molecular formula is C14H16ClI2NO2. The van der Waals surface area contributed by atoms with Crippen molar-refractivity contribution in [2.75, 3.05) is 0 Å². The first-order valence-corrected chi connectivity index (χ1v) is 15.4. The molecule has 1 unspecified atom stereocenters. The van der Waals surface area contributed by atoms with Crippen LogP contribution in [0.15, 0.2) is 18.2 Å². The van der Waals surface area contributed by atoms with E-state index in [2.05, 4.69) is 43.8 Å². The number of rotatable bonds is 3. The zero-order valence-electron chi connectivity index (χ0n) is 11.3. The van der Waals surface area contributed by atoms with Gasteiger partial charge >= 0.3 is 142 Å². The summed E-state index contributed by atoms with van der Waals surface area (Å²) in [4.78, 5) is 23.2. The van der Waals surface area contributed by atoms with Crippen molar-refractivity contribution in [3.05, 3.63) is 32.4 Å². The number of carbonyl (C=O) groups is 2. The first-order valence-electron chi connectivity index (χ1n) is 6.38. The van der Waals surface area contributed by atoms with E-state index in [1.165, 1.54) is 3.57 Å². The minimum atomic E-state index is -1.66. The summed E-state index contributed by atoms with van der Waals surface area (Å²) < 4.78 is 1.25. The summed E-state index contributed by atoms with van der Waals surface area (Å²) >= 11 is 7.00. The van der Waals surface area contributed by atoms with E-state index in [1.54, 1.807) is 0 Å². The Labute approximate surface area is 140 Å². The number of benzene rings is 1. The zero-order chi connectivity index (χ0) is 14.9. The summed E-state index contributed by atoms with van der Waals surface area (Å²) in [5.74, 6) is 0.123. The molecule has 1 fully saturated rings. The fraction of sp³-hybridized carbons (Fsp3) is 0.429. The number of piperidine rings is 1. The van der Waals surface area contributed by atoms with Crippen LogP contribution >= 0.6 is 46.1 Å². The fourth-order valence-electron chi connectivity index (χ4n) is 2.07. The van der Waals surface area contributed by atoms with E-state index in [0.29, 0.717) is 18.8 Å². The van der Waals surface area contributed by atoms with Crippen molar-refractivity contribution in [3.8, 4) is 0 Å². The van der Waals surface area contributed by atoms with Crippen molar-refractivity contribution in [1.82, 2.24) is 5.32 Å². The average molecular weight is 520 g/mol. The molecule has 20 heavy (non-hydrogen) atoms. The van der Waals surface area contributed by atoms with Crippen LogP contribution in [0.5, 0.6) is 0 Å². The molecular weight excluding hydrogens is 503 g/mol. The van der Waals surface area contributed by atoms with E-state index in [0.717, 1.165) is 10.6 Å². The van der Waals surface area contributed by atoms with Crippen LogP contribution in [0.3, 0.4) is 0 Å². The van der Waals surface area contributed by atoms with Gasteiger partial charge in [0.15, 0.2) is 0 Å². The quantitative estimate of drug-likeness (QED) is 0.368. The molecule has 2 amide bonds. The molecule has 3 nitrogen and oxygen atoms in total. The third kappa shape index (κ3) is 3.65. The number of halogens is 3. The van der Waals surface area contributed by atoms with Gasteiger partial charge in [0.25, 0.3) is 0 Å². The van der Waals surface area contributed by atoms with Gasteiger partial charge in [0.1, 0.15) is 0 Å². The second-order valence-corrected chi connectivity index (χ2v) is 15.6. The van der Waals surface area contributed by atoms with Crippen LogP contribution in [0.2, 0.25) is 5.02 Å². The standard InChI is InChI=1S/C14H16ClI2NO2/c1-8(2)10-7-9(3-4-11(10)15)17(16)12-5-6-13(19)18-14(12)20/h3-4,7-8,12H,5-6H2,1-2H3,(H,18,19,20). The fourth-order valence-corrected chi connectivity index (χ4v) is 10.7. The number of amides is 2. The molecule has 2 rings (SSSR count). The van der Waals surface area contributed by atoms with Gasteiger partial charge in [0.2, 0.25) is 0 Å². The Morgan fingerprint density at radius 3 is 2.70 bits per heavy atom.